The van der Waals surface area contributed by atoms with Crippen molar-refractivity contribution in [2.75, 3.05) is 0 Å². The highest BCUT2D eigenvalue weighted by molar-refractivity contribution is 5.94. The maximum atomic E-state index is 4.38. The zero-order valence-corrected chi connectivity index (χ0v) is 9.44. The Labute approximate surface area is 94.2 Å². The number of benzene rings is 2. The summed E-state index contributed by atoms with van der Waals surface area (Å²) in [5, 5.41) is 3.73. The van der Waals surface area contributed by atoms with Gasteiger partial charge in [-0.3, -0.25) is 0 Å². The molecule has 0 unspecified atom stereocenters. The summed E-state index contributed by atoms with van der Waals surface area (Å²) >= 11 is 0. The van der Waals surface area contributed by atoms with Crippen LogP contribution in [0.4, 0.5) is 0 Å². The predicted octanol–water partition coefficient (Wildman–Crippen LogP) is 2.52. The first-order chi connectivity index (χ1) is 7.75. The van der Waals surface area contributed by atoms with Crippen LogP contribution < -0.4 is 4.57 Å². The van der Waals surface area contributed by atoms with E-state index in [1.54, 1.807) is 0 Å². The molecule has 0 N–H and O–H groups in total. The Morgan fingerprint density at radius 3 is 2.44 bits per heavy atom. The van der Waals surface area contributed by atoms with E-state index in [0.29, 0.717) is 0 Å². The molecule has 0 aliphatic heterocycles. The molecule has 2 nitrogen and oxygen atoms in total. The van der Waals surface area contributed by atoms with Crippen molar-refractivity contribution in [2.24, 2.45) is 7.05 Å². The molecule has 1 heterocycles. The molecule has 0 aliphatic rings. The highest BCUT2D eigenvalue weighted by atomic mass is 15.0. The van der Waals surface area contributed by atoms with Gasteiger partial charge >= 0.3 is 0 Å². The van der Waals surface area contributed by atoms with Gasteiger partial charge < -0.3 is 0 Å². The Bertz CT molecular complexity index is 687. The number of hydrogen-bond donors (Lipinski definition) is 0. The van der Waals surface area contributed by atoms with Crippen LogP contribution in [0.15, 0.2) is 42.6 Å². The quantitative estimate of drug-likeness (QED) is 0.410. The lowest BCUT2D eigenvalue weighted by atomic mass is 10.1. The lowest BCUT2D eigenvalue weighted by Crippen LogP contribution is -2.33. The third-order valence-corrected chi connectivity index (χ3v) is 3.13. The molecule has 0 saturated heterocycles. The van der Waals surface area contributed by atoms with Crippen molar-refractivity contribution in [1.29, 1.82) is 0 Å². The molecule has 3 aromatic rings. The van der Waals surface area contributed by atoms with Gasteiger partial charge in [-0.2, -0.15) is 0 Å². The van der Waals surface area contributed by atoms with Gasteiger partial charge in [-0.1, -0.05) is 29.2 Å². The first-order valence-corrected chi connectivity index (χ1v) is 5.40. The van der Waals surface area contributed by atoms with Gasteiger partial charge in [0.1, 0.15) is 5.52 Å². The Morgan fingerprint density at radius 2 is 1.69 bits per heavy atom. The van der Waals surface area contributed by atoms with Gasteiger partial charge in [0.25, 0.3) is 5.82 Å². The van der Waals surface area contributed by atoms with Gasteiger partial charge in [0.05, 0.1) is 12.4 Å². The monoisotopic (exact) mass is 209 g/mol. The van der Waals surface area contributed by atoms with E-state index in [1.165, 1.54) is 21.7 Å². The SMILES string of the molecule is Cc1ncc2cc3ccccc3cc2[n+]1C. The Kier molecular flexibility index (Phi) is 1.90. The fourth-order valence-electron chi connectivity index (χ4n) is 2.06. The normalized spacial score (nSPS) is 11.1. The van der Waals surface area contributed by atoms with Crippen molar-refractivity contribution >= 4 is 21.7 Å². The molecule has 16 heavy (non-hydrogen) atoms. The lowest BCUT2D eigenvalue weighted by Gasteiger charge is -2.02. The van der Waals surface area contributed by atoms with E-state index >= 15 is 0 Å². The third-order valence-electron chi connectivity index (χ3n) is 3.13. The fraction of sp³-hybridized carbons (Fsp3) is 0.143. The highest BCUT2D eigenvalue weighted by Gasteiger charge is 2.09. The van der Waals surface area contributed by atoms with Crippen LogP contribution in [0, 0.1) is 6.92 Å². The van der Waals surface area contributed by atoms with E-state index in [1.807, 2.05) is 13.1 Å². The predicted molar refractivity (Wildman–Crippen MR) is 65.2 cm³/mol. The van der Waals surface area contributed by atoms with Gasteiger partial charge in [0, 0.05) is 6.92 Å². The van der Waals surface area contributed by atoms with Crippen LogP contribution in [-0.2, 0) is 7.05 Å². The smallest absolute Gasteiger partial charge is 0.230 e. The average Bonchev–Trinajstić information content (AvgIpc) is 2.32. The zero-order chi connectivity index (χ0) is 11.1. The summed E-state index contributed by atoms with van der Waals surface area (Å²) in [5.74, 6) is 1.03. The van der Waals surface area contributed by atoms with Crippen LogP contribution in [0.25, 0.3) is 21.7 Å². The highest BCUT2D eigenvalue weighted by Crippen LogP contribution is 2.19. The Balaban J connectivity index is 2.51. The van der Waals surface area contributed by atoms with Crippen molar-refractivity contribution in [1.82, 2.24) is 4.98 Å². The molecule has 0 aliphatic carbocycles. The number of hydrogen-bond acceptors (Lipinski definition) is 1. The van der Waals surface area contributed by atoms with E-state index in [4.69, 9.17) is 0 Å². The second-order valence-electron chi connectivity index (χ2n) is 4.12. The molecule has 0 radical (unpaired) electrons. The van der Waals surface area contributed by atoms with E-state index in [2.05, 4.69) is 53.0 Å². The molecule has 0 bridgehead atoms. The van der Waals surface area contributed by atoms with Crippen molar-refractivity contribution < 1.29 is 4.57 Å². The minimum atomic E-state index is 1.03. The molecule has 0 saturated carbocycles. The van der Waals surface area contributed by atoms with E-state index in [9.17, 15) is 0 Å². The maximum Gasteiger partial charge on any atom is 0.295 e. The first-order valence-electron chi connectivity index (χ1n) is 5.40. The standard InChI is InChI=1S/C14H13N2/c1-10-15-9-13-7-11-5-3-4-6-12(11)8-14(13)16(10)2/h3-9H,1-2H3/q+1. The van der Waals surface area contributed by atoms with Crippen LogP contribution in [-0.4, -0.2) is 4.98 Å². The molecule has 3 rings (SSSR count). The van der Waals surface area contributed by atoms with Crippen molar-refractivity contribution in [3.63, 3.8) is 0 Å². The fourth-order valence-corrected chi connectivity index (χ4v) is 2.06. The topological polar surface area (TPSA) is 16.8 Å². The van der Waals surface area contributed by atoms with Gasteiger partial charge in [-0.25, -0.2) is 4.57 Å². The van der Waals surface area contributed by atoms with Gasteiger partial charge in [-0.05, 0) is 22.9 Å². The number of aryl methyl sites for hydroxylation is 2. The number of rotatable bonds is 0. The summed E-state index contributed by atoms with van der Waals surface area (Å²) < 4.78 is 2.13. The van der Waals surface area contributed by atoms with Crippen molar-refractivity contribution in [2.45, 2.75) is 6.92 Å². The van der Waals surface area contributed by atoms with Crippen LogP contribution in [0.1, 0.15) is 5.82 Å². The van der Waals surface area contributed by atoms with Crippen LogP contribution in [0.5, 0.6) is 0 Å². The van der Waals surface area contributed by atoms with Crippen LogP contribution >= 0.6 is 0 Å². The molecular weight excluding hydrogens is 196 g/mol. The summed E-state index contributed by atoms with van der Waals surface area (Å²) in [4.78, 5) is 4.38. The second kappa shape index (κ2) is 3.27. The van der Waals surface area contributed by atoms with Crippen LogP contribution in [0.2, 0.25) is 0 Å². The van der Waals surface area contributed by atoms with E-state index < -0.39 is 0 Å². The first kappa shape index (κ1) is 9.28. The number of aromatic nitrogens is 2. The molecule has 0 atom stereocenters. The summed E-state index contributed by atoms with van der Waals surface area (Å²) in [6.45, 7) is 2.02. The largest absolute Gasteiger partial charge is 0.295 e. The average molecular weight is 209 g/mol. The maximum absolute atomic E-state index is 4.38. The molecular formula is C14H13N2+. The summed E-state index contributed by atoms with van der Waals surface area (Å²) in [7, 11) is 2.06. The van der Waals surface area contributed by atoms with Gasteiger partial charge in [-0.15, -0.1) is 0 Å². The van der Waals surface area contributed by atoms with Gasteiger partial charge in [0.2, 0.25) is 0 Å². The molecule has 1 aromatic heterocycles. The van der Waals surface area contributed by atoms with Crippen molar-refractivity contribution in [3.05, 3.63) is 48.4 Å². The third kappa shape index (κ3) is 1.27. The summed E-state index contributed by atoms with van der Waals surface area (Å²) in [6.07, 6.45) is 1.94. The number of nitrogens with zero attached hydrogens (tertiary/aromatic N) is 2. The molecule has 78 valence electrons. The second-order valence-corrected chi connectivity index (χ2v) is 4.12. The molecule has 0 fully saturated rings. The Morgan fingerprint density at radius 1 is 1.00 bits per heavy atom. The lowest BCUT2D eigenvalue weighted by molar-refractivity contribution is -0.654. The molecule has 0 spiro atoms. The van der Waals surface area contributed by atoms with Crippen molar-refractivity contribution in [3.8, 4) is 0 Å². The number of fused-ring (bicyclic) bond motifs is 2. The van der Waals surface area contributed by atoms with Crippen LogP contribution in [0.3, 0.4) is 0 Å². The summed E-state index contributed by atoms with van der Waals surface area (Å²) in [6, 6.07) is 12.8. The molecule has 2 aromatic carbocycles. The minimum Gasteiger partial charge on any atom is -0.230 e. The zero-order valence-electron chi connectivity index (χ0n) is 9.44. The van der Waals surface area contributed by atoms with E-state index in [-0.39, 0.29) is 0 Å². The Hall–Kier alpha value is -1.96. The van der Waals surface area contributed by atoms with E-state index in [0.717, 1.165) is 5.82 Å². The minimum absolute atomic E-state index is 1.03. The summed E-state index contributed by atoms with van der Waals surface area (Å²) in [5.41, 5.74) is 1.23. The molecule has 2 heteroatoms. The van der Waals surface area contributed by atoms with Gasteiger partial charge in [0.15, 0.2) is 6.20 Å². The molecule has 0 amide bonds.